The summed E-state index contributed by atoms with van der Waals surface area (Å²) in [7, 11) is -3.89. The first kappa shape index (κ1) is 16.9. The zero-order valence-electron chi connectivity index (χ0n) is 12.4. The second-order valence-electron chi connectivity index (χ2n) is 5.25. The highest BCUT2D eigenvalue weighted by atomic mass is 32.2. The minimum absolute atomic E-state index is 0.00953. The summed E-state index contributed by atoms with van der Waals surface area (Å²) in [6, 6.07) is 3.47. The highest BCUT2D eigenvalue weighted by molar-refractivity contribution is 7.89. The van der Waals surface area contributed by atoms with Gasteiger partial charge in [0.1, 0.15) is 0 Å². The Kier molecular flexibility index (Phi) is 5.20. The molecule has 0 saturated heterocycles. The standard InChI is InChI=1S/C15H20FNO4S/c1-2-21-14-7-6-12(10-13(14)16)22(19,20)17-11-15(18)8-4-3-5-9-15/h4,6-8,10,17-18H,2-3,5,9,11H2,1H3. The van der Waals surface area contributed by atoms with E-state index in [9.17, 15) is 17.9 Å². The molecule has 2 rings (SSSR count). The lowest BCUT2D eigenvalue weighted by molar-refractivity contribution is 0.0797. The van der Waals surface area contributed by atoms with E-state index < -0.39 is 21.4 Å². The summed E-state index contributed by atoms with van der Waals surface area (Å²) in [5.74, 6) is -0.726. The van der Waals surface area contributed by atoms with E-state index in [2.05, 4.69) is 4.72 Å². The van der Waals surface area contributed by atoms with Crippen molar-refractivity contribution < 1.29 is 22.7 Å². The SMILES string of the molecule is CCOc1ccc(S(=O)(=O)NCC2(O)C=CCCC2)cc1F. The third-order valence-electron chi connectivity index (χ3n) is 3.49. The molecule has 0 radical (unpaired) electrons. The lowest BCUT2D eigenvalue weighted by Crippen LogP contribution is -2.42. The second-order valence-corrected chi connectivity index (χ2v) is 7.01. The van der Waals surface area contributed by atoms with Gasteiger partial charge in [-0.3, -0.25) is 0 Å². The molecule has 0 aliphatic heterocycles. The Morgan fingerprint density at radius 1 is 1.45 bits per heavy atom. The molecule has 7 heteroatoms. The molecule has 5 nitrogen and oxygen atoms in total. The van der Waals surface area contributed by atoms with Crippen LogP contribution in [0.3, 0.4) is 0 Å². The molecule has 0 spiro atoms. The van der Waals surface area contributed by atoms with Crippen LogP contribution >= 0.6 is 0 Å². The van der Waals surface area contributed by atoms with E-state index in [1.165, 1.54) is 12.1 Å². The van der Waals surface area contributed by atoms with E-state index in [-0.39, 0.29) is 17.2 Å². The highest BCUT2D eigenvalue weighted by Gasteiger charge is 2.28. The minimum Gasteiger partial charge on any atom is -0.491 e. The van der Waals surface area contributed by atoms with Gasteiger partial charge in [0.25, 0.3) is 0 Å². The van der Waals surface area contributed by atoms with E-state index in [1.54, 1.807) is 13.0 Å². The van der Waals surface area contributed by atoms with Crippen LogP contribution in [-0.4, -0.2) is 32.3 Å². The van der Waals surface area contributed by atoms with Crippen molar-refractivity contribution >= 4 is 10.0 Å². The lowest BCUT2D eigenvalue weighted by atomic mass is 9.91. The number of nitrogens with one attached hydrogen (secondary N) is 1. The van der Waals surface area contributed by atoms with Crippen molar-refractivity contribution in [1.29, 1.82) is 0 Å². The van der Waals surface area contributed by atoms with Gasteiger partial charge in [-0.15, -0.1) is 0 Å². The van der Waals surface area contributed by atoms with Gasteiger partial charge in [-0.05, 0) is 44.4 Å². The van der Waals surface area contributed by atoms with Crippen molar-refractivity contribution in [3.63, 3.8) is 0 Å². The topological polar surface area (TPSA) is 75.6 Å². The Morgan fingerprint density at radius 2 is 2.23 bits per heavy atom. The van der Waals surface area contributed by atoms with Gasteiger partial charge < -0.3 is 9.84 Å². The molecule has 1 aliphatic carbocycles. The van der Waals surface area contributed by atoms with Crippen LogP contribution in [0.5, 0.6) is 5.75 Å². The maximum Gasteiger partial charge on any atom is 0.240 e. The van der Waals surface area contributed by atoms with Gasteiger partial charge in [0.2, 0.25) is 10.0 Å². The summed E-state index contributed by atoms with van der Waals surface area (Å²) in [5.41, 5.74) is -1.19. The van der Waals surface area contributed by atoms with E-state index in [0.717, 1.165) is 18.9 Å². The first-order chi connectivity index (χ1) is 10.4. The molecule has 0 aromatic heterocycles. The van der Waals surface area contributed by atoms with Crippen LogP contribution in [-0.2, 0) is 10.0 Å². The lowest BCUT2D eigenvalue weighted by Gasteiger charge is -2.27. The fourth-order valence-electron chi connectivity index (χ4n) is 2.28. The van der Waals surface area contributed by atoms with E-state index in [1.807, 2.05) is 6.08 Å². The van der Waals surface area contributed by atoms with Gasteiger partial charge in [-0.1, -0.05) is 12.2 Å². The van der Waals surface area contributed by atoms with Gasteiger partial charge in [0.05, 0.1) is 17.1 Å². The van der Waals surface area contributed by atoms with E-state index in [4.69, 9.17) is 4.74 Å². The second kappa shape index (κ2) is 6.76. The third-order valence-corrected chi connectivity index (χ3v) is 4.89. The normalized spacial score (nSPS) is 21.8. The summed E-state index contributed by atoms with van der Waals surface area (Å²) < 4.78 is 45.5. The summed E-state index contributed by atoms with van der Waals surface area (Å²) in [6.07, 6.45) is 5.60. The first-order valence-electron chi connectivity index (χ1n) is 7.18. The van der Waals surface area contributed by atoms with Crippen LogP contribution in [0.4, 0.5) is 4.39 Å². The van der Waals surface area contributed by atoms with Crippen LogP contribution in [0, 0.1) is 5.82 Å². The molecule has 0 fully saturated rings. The molecule has 122 valence electrons. The van der Waals surface area contributed by atoms with Crippen molar-refractivity contribution in [2.45, 2.75) is 36.7 Å². The maximum absolute atomic E-state index is 13.8. The number of sulfonamides is 1. The first-order valence-corrected chi connectivity index (χ1v) is 8.67. The van der Waals surface area contributed by atoms with Crippen LogP contribution in [0.25, 0.3) is 0 Å². The van der Waals surface area contributed by atoms with Crippen molar-refractivity contribution in [2.24, 2.45) is 0 Å². The summed E-state index contributed by atoms with van der Waals surface area (Å²) in [4.78, 5) is -0.197. The molecule has 22 heavy (non-hydrogen) atoms. The van der Waals surface area contributed by atoms with Crippen LogP contribution < -0.4 is 9.46 Å². The molecule has 1 aromatic rings. The fourth-order valence-corrected chi connectivity index (χ4v) is 3.40. The van der Waals surface area contributed by atoms with Crippen molar-refractivity contribution in [3.8, 4) is 5.75 Å². The molecule has 0 heterocycles. The highest BCUT2D eigenvalue weighted by Crippen LogP contribution is 2.23. The van der Waals surface area contributed by atoms with Crippen molar-refractivity contribution in [3.05, 3.63) is 36.2 Å². The number of rotatable bonds is 6. The molecule has 1 unspecified atom stereocenters. The smallest absolute Gasteiger partial charge is 0.240 e. The predicted octanol–water partition coefficient (Wildman–Crippen LogP) is 1.97. The van der Waals surface area contributed by atoms with E-state index >= 15 is 0 Å². The molecule has 0 amide bonds. The van der Waals surface area contributed by atoms with Crippen LogP contribution in [0.2, 0.25) is 0 Å². The number of benzene rings is 1. The van der Waals surface area contributed by atoms with Gasteiger partial charge in [-0.25, -0.2) is 17.5 Å². The Bertz CT molecular complexity index is 660. The Labute approximate surface area is 129 Å². The maximum atomic E-state index is 13.8. The number of hydrogen-bond donors (Lipinski definition) is 2. The number of hydrogen-bond acceptors (Lipinski definition) is 4. The summed E-state index contributed by atoms with van der Waals surface area (Å²) >= 11 is 0. The number of allylic oxidation sites excluding steroid dienone is 1. The largest absolute Gasteiger partial charge is 0.491 e. The summed E-state index contributed by atoms with van der Waals surface area (Å²) in [5, 5.41) is 10.2. The average Bonchev–Trinajstić information content (AvgIpc) is 2.48. The van der Waals surface area contributed by atoms with Gasteiger partial charge in [0.15, 0.2) is 11.6 Å². The van der Waals surface area contributed by atoms with Crippen molar-refractivity contribution in [2.75, 3.05) is 13.2 Å². The number of halogens is 1. The Morgan fingerprint density at radius 3 is 2.82 bits per heavy atom. The van der Waals surface area contributed by atoms with Gasteiger partial charge >= 0.3 is 0 Å². The summed E-state index contributed by atoms with van der Waals surface area (Å²) in [6.45, 7) is 1.87. The zero-order chi connectivity index (χ0) is 16.2. The fraction of sp³-hybridized carbons (Fsp3) is 0.467. The van der Waals surface area contributed by atoms with Crippen LogP contribution in [0.15, 0.2) is 35.2 Å². The molecular weight excluding hydrogens is 309 g/mol. The quantitative estimate of drug-likeness (QED) is 0.783. The molecule has 1 atom stereocenters. The molecule has 0 saturated carbocycles. The third kappa shape index (κ3) is 4.06. The minimum atomic E-state index is -3.89. The molecule has 0 bridgehead atoms. The number of ether oxygens (including phenoxy) is 1. The van der Waals surface area contributed by atoms with Gasteiger partial charge in [-0.2, -0.15) is 0 Å². The van der Waals surface area contributed by atoms with Crippen molar-refractivity contribution in [1.82, 2.24) is 4.72 Å². The van der Waals surface area contributed by atoms with E-state index in [0.29, 0.717) is 13.0 Å². The van der Waals surface area contributed by atoms with Gasteiger partial charge in [0, 0.05) is 6.54 Å². The Hall–Kier alpha value is -1.44. The molecule has 1 aliphatic rings. The average molecular weight is 329 g/mol. The molecule has 2 N–H and O–H groups in total. The Balaban J connectivity index is 2.11. The molecule has 1 aromatic carbocycles. The van der Waals surface area contributed by atoms with Crippen LogP contribution in [0.1, 0.15) is 26.2 Å². The predicted molar refractivity (Wildman–Crippen MR) is 80.7 cm³/mol. The molecular formula is C15H20FNO4S. The zero-order valence-corrected chi connectivity index (χ0v) is 13.2. The monoisotopic (exact) mass is 329 g/mol. The number of aliphatic hydroxyl groups is 1.